The number of nitrogens with zero attached hydrogens (tertiary/aromatic N) is 4. The highest BCUT2D eigenvalue weighted by Crippen LogP contribution is 2.33. The molecule has 0 radical (unpaired) electrons. The maximum Gasteiger partial charge on any atom is 0.416 e. The third-order valence-corrected chi connectivity index (χ3v) is 2.93. The Morgan fingerprint density at radius 3 is 2.62 bits per heavy atom. The Bertz CT molecular complexity index is 623. The standard InChI is InChI=1S/C11H14F3N7/c1-21-19-10(18-20-21)5-9(17-16)7-4-6(11(12,13)14)2-3-8(7)15/h2-4,9,17H,5,15-16H2,1H3. The molecule has 2 aromatic rings. The second-order valence-corrected chi connectivity index (χ2v) is 4.46. The third-order valence-electron chi connectivity index (χ3n) is 2.93. The number of benzene rings is 1. The first-order valence-corrected chi connectivity index (χ1v) is 5.97. The summed E-state index contributed by atoms with van der Waals surface area (Å²) in [6, 6.07) is 2.44. The van der Waals surface area contributed by atoms with E-state index in [0.717, 1.165) is 12.1 Å². The quantitative estimate of drug-likeness (QED) is 0.432. The molecule has 21 heavy (non-hydrogen) atoms. The van der Waals surface area contributed by atoms with E-state index in [4.69, 9.17) is 11.6 Å². The predicted octanol–water partition coefficient (Wildman–Crippen LogP) is 0.558. The van der Waals surface area contributed by atoms with Gasteiger partial charge in [0.1, 0.15) is 0 Å². The Hall–Kier alpha value is -2.20. The SMILES string of the molecule is Cn1nnc(CC(NN)c2cc(C(F)(F)F)ccc2N)n1. The van der Waals surface area contributed by atoms with Gasteiger partial charge in [0.15, 0.2) is 5.82 Å². The van der Waals surface area contributed by atoms with Gasteiger partial charge >= 0.3 is 6.18 Å². The van der Waals surface area contributed by atoms with Crippen LogP contribution in [0.1, 0.15) is 23.0 Å². The highest BCUT2D eigenvalue weighted by atomic mass is 19.4. The monoisotopic (exact) mass is 301 g/mol. The van der Waals surface area contributed by atoms with Crippen molar-refractivity contribution < 1.29 is 13.2 Å². The van der Waals surface area contributed by atoms with E-state index >= 15 is 0 Å². The Morgan fingerprint density at radius 2 is 2.10 bits per heavy atom. The molecule has 0 bridgehead atoms. The van der Waals surface area contributed by atoms with Crippen molar-refractivity contribution in [3.05, 3.63) is 35.2 Å². The molecule has 7 nitrogen and oxygen atoms in total. The number of nitrogens with one attached hydrogen (secondary N) is 1. The molecular formula is C11H14F3N7. The second-order valence-electron chi connectivity index (χ2n) is 4.46. The van der Waals surface area contributed by atoms with Crippen LogP contribution in [0.15, 0.2) is 18.2 Å². The van der Waals surface area contributed by atoms with Crippen LogP contribution in [0.2, 0.25) is 0 Å². The minimum atomic E-state index is -4.45. The lowest BCUT2D eigenvalue weighted by Crippen LogP contribution is -2.30. The van der Waals surface area contributed by atoms with Gasteiger partial charge in [-0.05, 0) is 29.0 Å². The summed E-state index contributed by atoms with van der Waals surface area (Å²) in [7, 11) is 1.58. The van der Waals surface area contributed by atoms with Crippen molar-refractivity contribution in [3.8, 4) is 0 Å². The largest absolute Gasteiger partial charge is 0.416 e. The fraction of sp³-hybridized carbons (Fsp3) is 0.364. The van der Waals surface area contributed by atoms with E-state index in [0.29, 0.717) is 5.82 Å². The lowest BCUT2D eigenvalue weighted by atomic mass is 9.99. The molecule has 2 rings (SSSR count). The van der Waals surface area contributed by atoms with Crippen molar-refractivity contribution in [2.45, 2.75) is 18.6 Å². The topological polar surface area (TPSA) is 108 Å². The molecular weight excluding hydrogens is 287 g/mol. The van der Waals surface area contributed by atoms with Crippen LogP contribution in [0.3, 0.4) is 0 Å². The molecule has 1 unspecified atom stereocenters. The molecule has 0 aliphatic rings. The van der Waals surface area contributed by atoms with E-state index in [1.54, 1.807) is 7.05 Å². The lowest BCUT2D eigenvalue weighted by Gasteiger charge is -2.18. The molecule has 5 N–H and O–H groups in total. The van der Waals surface area contributed by atoms with E-state index in [-0.39, 0.29) is 17.7 Å². The Labute approximate surface area is 118 Å². The van der Waals surface area contributed by atoms with Crippen LogP contribution in [0.5, 0.6) is 0 Å². The summed E-state index contributed by atoms with van der Waals surface area (Å²) in [5, 5.41) is 11.4. The van der Waals surface area contributed by atoms with Crippen LogP contribution in [0.4, 0.5) is 18.9 Å². The van der Waals surface area contributed by atoms with Crippen molar-refractivity contribution in [1.82, 2.24) is 25.6 Å². The second kappa shape index (κ2) is 5.66. The molecule has 0 spiro atoms. The Morgan fingerprint density at radius 1 is 1.38 bits per heavy atom. The van der Waals surface area contributed by atoms with Gasteiger partial charge in [-0.15, -0.1) is 10.2 Å². The van der Waals surface area contributed by atoms with Crippen molar-refractivity contribution in [2.24, 2.45) is 12.9 Å². The summed E-state index contributed by atoms with van der Waals surface area (Å²) in [4.78, 5) is 1.25. The molecule has 114 valence electrons. The molecule has 1 aromatic heterocycles. The molecule has 0 saturated heterocycles. The predicted molar refractivity (Wildman–Crippen MR) is 68.4 cm³/mol. The molecule has 0 amide bonds. The highest BCUT2D eigenvalue weighted by Gasteiger charge is 2.31. The number of tetrazole rings is 1. The molecule has 1 atom stereocenters. The van der Waals surface area contributed by atoms with E-state index < -0.39 is 17.8 Å². The number of rotatable bonds is 4. The average Bonchev–Trinajstić information content (AvgIpc) is 2.81. The summed E-state index contributed by atoms with van der Waals surface area (Å²) in [5.41, 5.74) is 7.82. The summed E-state index contributed by atoms with van der Waals surface area (Å²) >= 11 is 0. The smallest absolute Gasteiger partial charge is 0.398 e. The van der Waals surface area contributed by atoms with Crippen LogP contribution >= 0.6 is 0 Å². The van der Waals surface area contributed by atoms with Crippen LogP contribution < -0.4 is 17.0 Å². The van der Waals surface area contributed by atoms with Crippen molar-refractivity contribution in [3.63, 3.8) is 0 Å². The van der Waals surface area contributed by atoms with Gasteiger partial charge in [-0.3, -0.25) is 11.3 Å². The van der Waals surface area contributed by atoms with Crippen LogP contribution in [0.25, 0.3) is 0 Å². The zero-order valence-corrected chi connectivity index (χ0v) is 11.1. The fourth-order valence-corrected chi connectivity index (χ4v) is 1.90. The first-order valence-electron chi connectivity index (χ1n) is 5.97. The molecule has 0 fully saturated rings. The normalized spacial score (nSPS) is 13.4. The van der Waals surface area contributed by atoms with Gasteiger partial charge in [-0.25, -0.2) is 0 Å². The Kier molecular flexibility index (Phi) is 4.09. The number of hydrogen-bond acceptors (Lipinski definition) is 6. The number of hydrazine groups is 1. The maximum absolute atomic E-state index is 12.8. The van der Waals surface area contributed by atoms with Crippen LogP contribution in [0, 0.1) is 0 Å². The number of hydrogen-bond donors (Lipinski definition) is 3. The van der Waals surface area contributed by atoms with Gasteiger partial charge in [0, 0.05) is 12.1 Å². The van der Waals surface area contributed by atoms with Gasteiger partial charge in [-0.2, -0.15) is 18.0 Å². The summed E-state index contributed by atoms with van der Waals surface area (Å²) in [6.45, 7) is 0. The van der Waals surface area contributed by atoms with Crippen molar-refractivity contribution in [2.75, 3.05) is 5.73 Å². The average molecular weight is 301 g/mol. The van der Waals surface area contributed by atoms with Crippen LogP contribution in [-0.2, 0) is 19.6 Å². The number of anilines is 1. The summed E-state index contributed by atoms with van der Waals surface area (Å²) < 4.78 is 38.3. The zero-order chi connectivity index (χ0) is 15.6. The zero-order valence-electron chi connectivity index (χ0n) is 11.1. The maximum atomic E-state index is 12.8. The molecule has 1 heterocycles. The van der Waals surface area contributed by atoms with Gasteiger partial charge in [0.05, 0.1) is 18.7 Å². The van der Waals surface area contributed by atoms with Crippen molar-refractivity contribution >= 4 is 5.69 Å². The molecule has 1 aromatic carbocycles. The number of nitrogen functional groups attached to an aromatic ring is 1. The third kappa shape index (κ3) is 3.47. The number of aromatic nitrogens is 4. The molecule has 10 heteroatoms. The molecule has 0 saturated carbocycles. The fourth-order valence-electron chi connectivity index (χ4n) is 1.90. The number of halogens is 3. The van der Waals surface area contributed by atoms with E-state index in [1.165, 1.54) is 10.9 Å². The highest BCUT2D eigenvalue weighted by molar-refractivity contribution is 5.51. The first-order chi connectivity index (χ1) is 9.81. The van der Waals surface area contributed by atoms with Gasteiger partial charge < -0.3 is 5.73 Å². The minimum absolute atomic E-state index is 0.163. The van der Waals surface area contributed by atoms with Crippen molar-refractivity contribution in [1.29, 1.82) is 0 Å². The summed E-state index contributed by atoms with van der Waals surface area (Å²) in [6.07, 6.45) is -4.29. The number of alkyl halides is 3. The van der Waals surface area contributed by atoms with Crippen LogP contribution in [-0.4, -0.2) is 20.2 Å². The van der Waals surface area contributed by atoms with E-state index in [2.05, 4.69) is 20.8 Å². The first kappa shape index (κ1) is 15.2. The number of nitrogens with two attached hydrogens (primary N) is 2. The Balaban J connectivity index is 2.33. The summed E-state index contributed by atoms with van der Waals surface area (Å²) in [5.74, 6) is 5.76. The lowest BCUT2D eigenvalue weighted by molar-refractivity contribution is -0.137. The van der Waals surface area contributed by atoms with Gasteiger partial charge in [0.2, 0.25) is 0 Å². The van der Waals surface area contributed by atoms with Gasteiger partial charge in [-0.1, -0.05) is 0 Å². The van der Waals surface area contributed by atoms with E-state index in [9.17, 15) is 13.2 Å². The molecule has 0 aliphatic heterocycles. The van der Waals surface area contributed by atoms with E-state index in [1.807, 2.05) is 0 Å². The molecule has 0 aliphatic carbocycles. The number of aryl methyl sites for hydroxylation is 1. The minimum Gasteiger partial charge on any atom is -0.398 e. The van der Waals surface area contributed by atoms with Gasteiger partial charge in [0.25, 0.3) is 0 Å².